The Morgan fingerprint density at radius 2 is 1.79 bits per heavy atom. The van der Waals surface area contributed by atoms with Gasteiger partial charge in [0.1, 0.15) is 5.54 Å². The van der Waals surface area contributed by atoms with E-state index in [1.807, 2.05) is 0 Å². The number of halogens is 2. The highest BCUT2D eigenvalue weighted by Crippen LogP contribution is 2.42. The molecule has 0 aromatic heterocycles. The van der Waals surface area contributed by atoms with Gasteiger partial charge >= 0.3 is 6.03 Å². The third kappa shape index (κ3) is 2.92. The molecular formula is C20H16Cl2N4O2. The number of benzene rings is 2. The standard InChI is InChI=1S/C20H16Cl2N4O2/c1-24-16-4-2-12(3-5-16)9-20-10-15(23)11-25(20)19(28)26(18(20)27)17-7-13(21)6-14(22)8-17/h2-8,15H,9-11,23H2. The molecule has 2 aliphatic rings. The lowest BCUT2D eigenvalue weighted by atomic mass is 9.87. The number of anilines is 1. The van der Waals surface area contributed by atoms with Crippen molar-refractivity contribution in [2.45, 2.75) is 24.4 Å². The first-order chi connectivity index (χ1) is 13.3. The van der Waals surface area contributed by atoms with Gasteiger partial charge in [-0.15, -0.1) is 0 Å². The summed E-state index contributed by atoms with van der Waals surface area (Å²) >= 11 is 12.1. The van der Waals surface area contributed by atoms with E-state index in [1.54, 1.807) is 47.4 Å². The lowest BCUT2D eigenvalue weighted by Crippen LogP contribution is -2.47. The molecule has 2 aromatic carbocycles. The fraction of sp³-hybridized carbons (Fsp3) is 0.250. The molecule has 2 saturated heterocycles. The second-order valence-electron chi connectivity index (χ2n) is 7.11. The van der Waals surface area contributed by atoms with Crippen LogP contribution in [0.1, 0.15) is 12.0 Å². The van der Waals surface area contributed by atoms with Crippen LogP contribution in [-0.4, -0.2) is 35.0 Å². The van der Waals surface area contributed by atoms with Gasteiger partial charge in [-0.2, -0.15) is 0 Å². The van der Waals surface area contributed by atoms with Crippen LogP contribution in [0.25, 0.3) is 4.85 Å². The van der Waals surface area contributed by atoms with E-state index >= 15 is 0 Å². The molecule has 2 atom stereocenters. The van der Waals surface area contributed by atoms with Crippen LogP contribution < -0.4 is 10.6 Å². The van der Waals surface area contributed by atoms with E-state index in [-0.39, 0.29) is 11.9 Å². The Hall–Kier alpha value is -2.59. The summed E-state index contributed by atoms with van der Waals surface area (Å²) in [4.78, 5) is 32.7. The third-order valence-electron chi connectivity index (χ3n) is 5.22. The lowest BCUT2D eigenvalue weighted by Gasteiger charge is -2.28. The fourth-order valence-electron chi connectivity index (χ4n) is 4.06. The minimum absolute atomic E-state index is 0.277. The zero-order chi connectivity index (χ0) is 20.1. The molecule has 142 valence electrons. The van der Waals surface area contributed by atoms with E-state index in [1.165, 1.54) is 0 Å². The van der Waals surface area contributed by atoms with E-state index in [2.05, 4.69) is 4.85 Å². The minimum atomic E-state index is -1.05. The molecule has 4 rings (SSSR count). The average Bonchev–Trinajstić information content (AvgIpc) is 3.07. The van der Waals surface area contributed by atoms with Gasteiger partial charge in [0.15, 0.2) is 5.69 Å². The van der Waals surface area contributed by atoms with Crippen LogP contribution in [0.4, 0.5) is 16.2 Å². The number of nitrogens with zero attached hydrogens (tertiary/aromatic N) is 3. The lowest BCUT2D eigenvalue weighted by molar-refractivity contribution is -0.124. The van der Waals surface area contributed by atoms with Crippen molar-refractivity contribution in [3.05, 3.63) is 69.5 Å². The van der Waals surface area contributed by atoms with Crippen molar-refractivity contribution in [2.24, 2.45) is 5.73 Å². The predicted octanol–water partition coefficient (Wildman–Crippen LogP) is 4.03. The van der Waals surface area contributed by atoms with Crippen LogP contribution in [0, 0.1) is 6.57 Å². The van der Waals surface area contributed by atoms with Crippen LogP contribution in [0.5, 0.6) is 0 Å². The maximum atomic E-state index is 13.5. The molecule has 2 N–H and O–H groups in total. The number of fused-ring (bicyclic) bond motifs is 1. The van der Waals surface area contributed by atoms with Crippen molar-refractivity contribution in [3.8, 4) is 0 Å². The Morgan fingerprint density at radius 3 is 2.39 bits per heavy atom. The van der Waals surface area contributed by atoms with E-state index in [0.29, 0.717) is 40.8 Å². The van der Waals surface area contributed by atoms with Gasteiger partial charge in [-0.1, -0.05) is 47.5 Å². The molecule has 28 heavy (non-hydrogen) atoms. The van der Waals surface area contributed by atoms with E-state index in [4.69, 9.17) is 35.5 Å². The topological polar surface area (TPSA) is 71.0 Å². The zero-order valence-electron chi connectivity index (χ0n) is 14.7. The van der Waals surface area contributed by atoms with Crippen LogP contribution in [0.3, 0.4) is 0 Å². The quantitative estimate of drug-likeness (QED) is 0.608. The molecule has 0 saturated carbocycles. The Kier molecular flexibility index (Phi) is 4.54. The molecule has 2 unspecified atom stereocenters. The number of carbonyl (C=O) groups is 2. The van der Waals surface area contributed by atoms with Gasteiger partial charge in [-0.25, -0.2) is 14.5 Å². The van der Waals surface area contributed by atoms with Crippen molar-refractivity contribution < 1.29 is 9.59 Å². The van der Waals surface area contributed by atoms with E-state index in [9.17, 15) is 9.59 Å². The van der Waals surface area contributed by atoms with Gasteiger partial charge in [0.05, 0.1) is 12.3 Å². The van der Waals surface area contributed by atoms with Crippen molar-refractivity contribution in [3.63, 3.8) is 0 Å². The number of rotatable bonds is 3. The van der Waals surface area contributed by atoms with Crippen LogP contribution in [-0.2, 0) is 11.2 Å². The maximum absolute atomic E-state index is 13.5. The maximum Gasteiger partial charge on any atom is 0.332 e. The molecule has 2 aliphatic heterocycles. The van der Waals surface area contributed by atoms with E-state index < -0.39 is 11.6 Å². The summed E-state index contributed by atoms with van der Waals surface area (Å²) in [5.41, 5.74) is 6.79. The first kappa shape index (κ1) is 18.8. The van der Waals surface area contributed by atoms with Gasteiger partial charge in [-0.05, 0) is 30.2 Å². The molecular weight excluding hydrogens is 399 g/mol. The van der Waals surface area contributed by atoms with Gasteiger partial charge in [0, 0.05) is 29.1 Å². The van der Waals surface area contributed by atoms with Crippen LogP contribution in [0.2, 0.25) is 10.0 Å². The summed E-state index contributed by atoms with van der Waals surface area (Å²) < 4.78 is 0. The summed E-state index contributed by atoms with van der Waals surface area (Å²) in [6, 6.07) is 11.0. The van der Waals surface area contributed by atoms with Crippen molar-refractivity contribution in [1.29, 1.82) is 0 Å². The van der Waals surface area contributed by atoms with Crippen LogP contribution in [0.15, 0.2) is 42.5 Å². The summed E-state index contributed by atoms with van der Waals surface area (Å²) in [7, 11) is 0. The zero-order valence-corrected chi connectivity index (χ0v) is 16.2. The largest absolute Gasteiger partial charge is 0.332 e. The van der Waals surface area contributed by atoms with Gasteiger partial charge < -0.3 is 10.6 Å². The number of amides is 3. The number of imide groups is 1. The molecule has 0 radical (unpaired) electrons. The molecule has 0 spiro atoms. The number of hydrogen-bond acceptors (Lipinski definition) is 3. The Labute approximate surface area is 172 Å². The second-order valence-corrected chi connectivity index (χ2v) is 7.99. The predicted molar refractivity (Wildman–Crippen MR) is 108 cm³/mol. The highest BCUT2D eigenvalue weighted by Gasteiger charge is 2.61. The molecule has 6 nitrogen and oxygen atoms in total. The number of urea groups is 1. The normalized spacial score (nSPS) is 23.9. The minimum Gasteiger partial charge on any atom is -0.326 e. The number of hydrogen-bond donors (Lipinski definition) is 1. The first-order valence-electron chi connectivity index (χ1n) is 8.68. The number of carbonyl (C=O) groups excluding carboxylic acids is 2. The molecule has 0 aliphatic carbocycles. The molecule has 8 heteroatoms. The third-order valence-corrected chi connectivity index (χ3v) is 5.66. The number of nitrogens with two attached hydrogens (primary N) is 1. The molecule has 0 bridgehead atoms. The van der Waals surface area contributed by atoms with Gasteiger partial charge in [-0.3, -0.25) is 4.79 Å². The fourth-order valence-corrected chi connectivity index (χ4v) is 4.58. The van der Waals surface area contributed by atoms with Crippen molar-refractivity contribution in [1.82, 2.24) is 4.90 Å². The van der Waals surface area contributed by atoms with Crippen molar-refractivity contribution in [2.75, 3.05) is 11.4 Å². The molecule has 2 aromatic rings. The Bertz CT molecular complexity index is 998. The second kappa shape index (κ2) is 6.78. The van der Waals surface area contributed by atoms with Crippen LogP contribution >= 0.6 is 23.2 Å². The molecule has 2 fully saturated rings. The monoisotopic (exact) mass is 414 g/mol. The van der Waals surface area contributed by atoms with E-state index in [0.717, 1.165) is 10.5 Å². The highest BCUT2D eigenvalue weighted by atomic mass is 35.5. The summed E-state index contributed by atoms with van der Waals surface area (Å²) in [6.45, 7) is 7.37. The summed E-state index contributed by atoms with van der Waals surface area (Å²) in [5.74, 6) is -0.335. The van der Waals surface area contributed by atoms with Crippen molar-refractivity contribution >= 4 is 46.5 Å². The van der Waals surface area contributed by atoms with Gasteiger partial charge in [0.25, 0.3) is 5.91 Å². The summed E-state index contributed by atoms with van der Waals surface area (Å²) in [5, 5.41) is 0.686. The molecule has 3 amide bonds. The summed E-state index contributed by atoms with van der Waals surface area (Å²) in [6.07, 6.45) is 0.696. The Balaban J connectivity index is 1.74. The molecule has 2 heterocycles. The van der Waals surface area contributed by atoms with Gasteiger partial charge in [0.2, 0.25) is 0 Å². The Morgan fingerprint density at radius 1 is 1.14 bits per heavy atom. The highest BCUT2D eigenvalue weighted by molar-refractivity contribution is 6.35. The average molecular weight is 415 g/mol. The first-order valence-corrected chi connectivity index (χ1v) is 9.44. The smallest absolute Gasteiger partial charge is 0.326 e. The SMILES string of the molecule is [C-]#[N+]c1ccc(CC23CC(N)CN2C(=O)N(c2cc(Cl)cc(Cl)c2)C3=O)cc1.